The predicted molar refractivity (Wildman–Crippen MR) is 66.6 cm³/mol. The van der Waals surface area contributed by atoms with Gasteiger partial charge in [0.2, 0.25) is 0 Å². The van der Waals surface area contributed by atoms with Gasteiger partial charge in [0, 0.05) is 32.2 Å². The van der Waals surface area contributed by atoms with E-state index in [2.05, 4.69) is 22.2 Å². The van der Waals surface area contributed by atoms with Gasteiger partial charge in [-0.2, -0.15) is 0 Å². The van der Waals surface area contributed by atoms with Gasteiger partial charge in [-0.05, 0) is 51.2 Å². The van der Waals surface area contributed by atoms with Gasteiger partial charge in [-0.3, -0.25) is 4.90 Å². The van der Waals surface area contributed by atoms with E-state index in [-0.39, 0.29) is 0 Å². The summed E-state index contributed by atoms with van der Waals surface area (Å²) < 4.78 is 0. The highest BCUT2D eigenvalue weighted by Gasteiger charge is 2.46. The molecule has 0 aromatic heterocycles. The average molecular weight is 223 g/mol. The quantitative estimate of drug-likeness (QED) is 0.708. The second-order valence-corrected chi connectivity index (χ2v) is 6.15. The van der Waals surface area contributed by atoms with E-state index in [4.69, 9.17) is 0 Å². The van der Waals surface area contributed by atoms with E-state index in [0.717, 1.165) is 11.5 Å². The first-order chi connectivity index (χ1) is 7.77. The van der Waals surface area contributed by atoms with Crippen molar-refractivity contribution in [3.05, 3.63) is 0 Å². The molecule has 3 heteroatoms. The van der Waals surface area contributed by atoms with Crippen LogP contribution < -0.4 is 5.32 Å². The lowest BCUT2D eigenvalue weighted by molar-refractivity contribution is -0.0352. The van der Waals surface area contributed by atoms with E-state index in [1.165, 1.54) is 65.0 Å². The lowest BCUT2D eigenvalue weighted by Crippen LogP contribution is -2.58. The van der Waals surface area contributed by atoms with Crippen molar-refractivity contribution in [1.29, 1.82) is 0 Å². The van der Waals surface area contributed by atoms with Crippen LogP contribution in [0.4, 0.5) is 0 Å². The maximum atomic E-state index is 3.49. The fourth-order valence-corrected chi connectivity index (χ4v) is 3.75. The molecule has 0 bridgehead atoms. The summed E-state index contributed by atoms with van der Waals surface area (Å²) in [6.07, 6.45) is 5.82. The lowest BCUT2D eigenvalue weighted by atomic mass is 9.60. The van der Waals surface area contributed by atoms with Crippen molar-refractivity contribution in [3.63, 3.8) is 0 Å². The van der Waals surface area contributed by atoms with Crippen LogP contribution in [0.25, 0.3) is 0 Å². The zero-order valence-corrected chi connectivity index (χ0v) is 10.5. The normalized spacial score (nSPS) is 32.8. The number of hydrogen-bond acceptors (Lipinski definition) is 3. The van der Waals surface area contributed by atoms with Crippen LogP contribution >= 0.6 is 0 Å². The second kappa shape index (κ2) is 4.28. The summed E-state index contributed by atoms with van der Waals surface area (Å²) in [5.41, 5.74) is 0.749. The molecule has 0 aromatic rings. The van der Waals surface area contributed by atoms with E-state index in [9.17, 15) is 0 Å². The molecule has 2 aliphatic heterocycles. The second-order valence-electron chi connectivity index (χ2n) is 6.15. The Morgan fingerprint density at radius 1 is 1.00 bits per heavy atom. The minimum atomic E-state index is 0.749. The Labute approximate surface area is 99.2 Å². The molecular formula is C13H25N3. The fraction of sp³-hybridized carbons (Fsp3) is 1.00. The molecule has 3 aliphatic rings. The van der Waals surface area contributed by atoms with Crippen molar-refractivity contribution in [3.8, 4) is 0 Å². The third-order valence-corrected chi connectivity index (χ3v) is 5.06. The average Bonchev–Trinajstić information content (AvgIpc) is 2.28. The van der Waals surface area contributed by atoms with Crippen LogP contribution in [0, 0.1) is 5.41 Å². The lowest BCUT2D eigenvalue weighted by Gasteiger charge is -2.55. The number of likely N-dealkylation sites (N-methyl/N-ethyl adjacent to an activating group) is 1. The largest absolute Gasteiger partial charge is 0.317 e. The first-order valence-corrected chi connectivity index (χ1v) is 6.91. The summed E-state index contributed by atoms with van der Waals surface area (Å²) in [5, 5.41) is 3.49. The number of piperazine rings is 1. The highest BCUT2D eigenvalue weighted by molar-refractivity contribution is 5.01. The van der Waals surface area contributed by atoms with Gasteiger partial charge < -0.3 is 10.2 Å². The SMILES string of the molecule is CN1CCN(C2CC3(CCNCC3)C2)CC1. The van der Waals surface area contributed by atoms with Crippen molar-refractivity contribution >= 4 is 0 Å². The molecule has 1 N–H and O–H groups in total. The molecule has 3 rings (SSSR count). The maximum Gasteiger partial charge on any atom is 0.0113 e. The number of piperidine rings is 1. The van der Waals surface area contributed by atoms with Gasteiger partial charge >= 0.3 is 0 Å². The molecule has 2 saturated heterocycles. The molecule has 3 fully saturated rings. The van der Waals surface area contributed by atoms with Crippen LogP contribution in [0.15, 0.2) is 0 Å². The van der Waals surface area contributed by atoms with Gasteiger partial charge in [-0.1, -0.05) is 0 Å². The van der Waals surface area contributed by atoms with Gasteiger partial charge in [0.15, 0.2) is 0 Å². The molecular weight excluding hydrogens is 198 g/mol. The summed E-state index contributed by atoms with van der Waals surface area (Å²) in [6, 6.07) is 0.923. The zero-order chi connectivity index (χ0) is 11.0. The van der Waals surface area contributed by atoms with E-state index in [0.29, 0.717) is 0 Å². The van der Waals surface area contributed by atoms with Gasteiger partial charge in [0.05, 0.1) is 0 Å². The van der Waals surface area contributed by atoms with Crippen molar-refractivity contribution < 1.29 is 0 Å². The highest BCUT2D eigenvalue weighted by Crippen LogP contribution is 2.49. The van der Waals surface area contributed by atoms with Crippen LogP contribution in [-0.4, -0.2) is 62.2 Å². The minimum Gasteiger partial charge on any atom is -0.317 e. The Hall–Kier alpha value is -0.120. The fourth-order valence-electron chi connectivity index (χ4n) is 3.75. The highest BCUT2D eigenvalue weighted by atomic mass is 15.3. The van der Waals surface area contributed by atoms with E-state index < -0.39 is 0 Å². The van der Waals surface area contributed by atoms with Crippen LogP contribution in [0.1, 0.15) is 25.7 Å². The van der Waals surface area contributed by atoms with E-state index in [1.54, 1.807) is 0 Å². The standard InChI is InChI=1S/C13H25N3/c1-15-6-8-16(9-7-15)12-10-13(11-12)2-4-14-5-3-13/h12,14H,2-11H2,1H3. The Morgan fingerprint density at radius 2 is 1.62 bits per heavy atom. The molecule has 3 nitrogen and oxygen atoms in total. The predicted octanol–water partition coefficient (Wildman–Crippen LogP) is 0.766. The molecule has 0 unspecified atom stereocenters. The van der Waals surface area contributed by atoms with Crippen molar-refractivity contribution in [1.82, 2.24) is 15.1 Å². The number of nitrogens with zero attached hydrogens (tertiary/aromatic N) is 2. The molecule has 1 saturated carbocycles. The third-order valence-electron chi connectivity index (χ3n) is 5.06. The van der Waals surface area contributed by atoms with Gasteiger partial charge in [-0.15, -0.1) is 0 Å². The summed E-state index contributed by atoms with van der Waals surface area (Å²) >= 11 is 0. The van der Waals surface area contributed by atoms with Gasteiger partial charge in [-0.25, -0.2) is 0 Å². The molecule has 0 radical (unpaired) electrons. The smallest absolute Gasteiger partial charge is 0.0113 e. The first kappa shape index (κ1) is 11.0. The molecule has 16 heavy (non-hydrogen) atoms. The zero-order valence-electron chi connectivity index (χ0n) is 10.5. The monoisotopic (exact) mass is 223 g/mol. The topological polar surface area (TPSA) is 18.5 Å². The minimum absolute atomic E-state index is 0.749. The molecule has 1 aliphatic carbocycles. The Morgan fingerprint density at radius 3 is 2.25 bits per heavy atom. The molecule has 1 spiro atoms. The van der Waals surface area contributed by atoms with Crippen molar-refractivity contribution in [2.45, 2.75) is 31.7 Å². The summed E-state index contributed by atoms with van der Waals surface area (Å²) in [4.78, 5) is 5.20. The van der Waals surface area contributed by atoms with Crippen LogP contribution in [0.2, 0.25) is 0 Å². The summed E-state index contributed by atoms with van der Waals surface area (Å²) in [6.45, 7) is 7.66. The molecule has 0 aromatic carbocycles. The maximum absolute atomic E-state index is 3.49. The molecule has 0 amide bonds. The van der Waals surface area contributed by atoms with Crippen molar-refractivity contribution in [2.24, 2.45) is 5.41 Å². The third kappa shape index (κ3) is 2.01. The van der Waals surface area contributed by atoms with Crippen molar-refractivity contribution in [2.75, 3.05) is 46.3 Å². The molecule has 0 atom stereocenters. The van der Waals surface area contributed by atoms with Crippen LogP contribution in [0.3, 0.4) is 0 Å². The van der Waals surface area contributed by atoms with Crippen LogP contribution in [-0.2, 0) is 0 Å². The number of hydrogen-bond donors (Lipinski definition) is 1. The van der Waals surface area contributed by atoms with E-state index >= 15 is 0 Å². The number of nitrogens with one attached hydrogen (secondary N) is 1. The number of rotatable bonds is 1. The first-order valence-electron chi connectivity index (χ1n) is 6.91. The molecule has 2 heterocycles. The van der Waals surface area contributed by atoms with Gasteiger partial charge in [0.25, 0.3) is 0 Å². The Balaban J connectivity index is 1.49. The van der Waals surface area contributed by atoms with E-state index in [1.807, 2.05) is 0 Å². The Kier molecular flexibility index (Phi) is 2.94. The van der Waals surface area contributed by atoms with Crippen LogP contribution in [0.5, 0.6) is 0 Å². The Bertz CT molecular complexity index is 232. The van der Waals surface area contributed by atoms with Gasteiger partial charge in [0.1, 0.15) is 0 Å². The summed E-state index contributed by atoms with van der Waals surface area (Å²) in [5.74, 6) is 0. The summed E-state index contributed by atoms with van der Waals surface area (Å²) in [7, 11) is 2.24. The molecule has 92 valence electrons.